The normalized spacial score (nSPS) is 23.0. The van der Waals surface area contributed by atoms with Crippen molar-refractivity contribution >= 4 is 16.8 Å². The van der Waals surface area contributed by atoms with Crippen LogP contribution >= 0.6 is 0 Å². The Labute approximate surface area is 155 Å². The van der Waals surface area contributed by atoms with Gasteiger partial charge in [0.15, 0.2) is 0 Å². The van der Waals surface area contributed by atoms with E-state index in [0.717, 1.165) is 64.2 Å². The van der Waals surface area contributed by atoms with Crippen LogP contribution in [0.3, 0.4) is 0 Å². The Morgan fingerprint density at radius 1 is 1.00 bits per heavy atom. The summed E-state index contributed by atoms with van der Waals surface area (Å²) in [4.78, 5) is 19.9. The molecule has 0 atom stereocenters. The van der Waals surface area contributed by atoms with Gasteiger partial charge in [0, 0.05) is 46.2 Å². The molecule has 4 aromatic rings. The topological polar surface area (TPSA) is 89.4 Å². The van der Waals surface area contributed by atoms with Crippen molar-refractivity contribution in [3.05, 3.63) is 54.5 Å². The molecule has 134 valence electrons. The van der Waals surface area contributed by atoms with Gasteiger partial charge in [-0.25, -0.2) is 0 Å². The molecular weight excluding hydrogens is 338 g/mol. The Morgan fingerprint density at radius 2 is 1.85 bits per heavy atom. The van der Waals surface area contributed by atoms with E-state index in [-0.39, 0.29) is 11.4 Å². The number of hydrogen-bond acceptors (Lipinski definition) is 2. The zero-order valence-corrected chi connectivity index (χ0v) is 14.7. The fourth-order valence-electron chi connectivity index (χ4n) is 4.74. The van der Waals surface area contributed by atoms with Gasteiger partial charge in [-0.15, -0.1) is 0 Å². The summed E-state index contributed by atoms with van der Waals surface area (Å²) in [6, 6.07) is 9.95. The highest BCUT2D eigenvalue weighted by Gasteiger charge is 2.57. The summed E-state index contributed by atoms with van der Waals surface area (Å²) in [7, 11) is 0. The maximum Gasteiger partial charge on any atom is 0.253 e. The molecule has 0 aliphatic heterocycles. The number of rotatable bonds is 4. The number of nitrogens with zero attached hydrogens (tertiary/aromatic N) is 1. The van der Waals surface area contributed by atoms with E-state index in [4.69, 9.17) is 0 Å². The quantitative estimate of drug-likeness (QED) is 0.447. The van der Waals surface area contributed by atoms with Gasteiger partial charge in [-0.3, -0.25) is 9.89 Å². The second-order valence-corrected chi connectivity index (χ2v) is 7.87. The fraction of sp³-hybridized carbons (Fsp3) is 0.238. The molecule has 3 aliphatic carbocycles. The molecule has 0 unspecified atom stereocenters. The summed E-state index contributed by atoms with van der Waals surface area (Å²) in [6.07, 6.45) is 8.95. The van der Waals surface area contributed by atoms with Crippen LogP contribution in [0.5, 0.6) is 0 Å². The van der Waals surface area contributed by atoms with Crippen LogP contribution in [0.25, 0.3) is 33.4 Å². The molecule has 1 amide bonds. The van der Waals surface area contributed by atoms with Crippen molar-refractivity contribution in [2.75, 3.05) is 0 Å². The van der Waals surface area contributed by atoms with Crippen molar-refractivity contribution < 1.29 is 4.79 Å². The molecule has 6 nitrogen and oxygen atoms in total. The number of aromatic amines is 3. The molecular formula is C21H19N5O. The van der Waals surface area contributed by atoms with Gasteiger partial charge in [-0.2, -0.15) is 5.10 Å². The van der Waals surface area contributed by atoms with Gasteiger partial charge in [-0.05, 0) is 55.5 Å². The molecule has 0 radical (unpaired) electrons. The van der Waals surface area contributed by atoms with Crippen LogP contribution in [0.4, 0.5) is 0 Å². The third-order valence-corrected chi connectivity index (χ3v) is 6.17. The summed E-state index contributed by atoms with van der Waals surface area (Å²) < 4.78 is 0. The van der Waals surface area contributed by atoms with Gasteiger partial charge < -0.3 is 15.3 Å². The zero-order valence-electron chi connectivity index (χ0n) is 14.7. The van der Waals surface area contributed by atoms with Crippen molar-refractivity contribution in [1.82, 2.24) is 25.5 Å². The smallest absolute Gasteiger partial charge is 0.253 e. The summed E-state index contributed by atoms with van der Waals surface area (Å²) in [5.41, 5.74) is 5.37. The Kier molecular flexibility index (Phi) is 2.82. The summed E-state index contributed by atoms with van der Waals surface area (Å²) >= 11 is 0. The Hall–Kier alpha value is -3.28. The van der Waals surface area contributed by atoms with E-state index in [2.05, 4.69) is 25.5 Å². The van der Waals surface area contributed by atoms with Gasteiger partial charge >= 0.3 is 0 Å². The van der Waals surface area contributed by atoms with E-state index >= 15 is 0 Å². The fourth-order valence-corrected chi connectivity index (χ4v) is 4.74. The standard InChI is InChI=1S/C21H19N5O/c27-20(25-21-9-12(10-21)11-21)18-13-3-6-22-16(13)2-1-15(18)19-14(4-7-23-19)17-5-8-24-26-17/h1-8,12,22-23H,9-11H2,(H,24,26)(H,25,27). The third kappa shape index (κ3) is 2.07. The van der Waals surface area contributed by atoms with Gasteiger partial charge in [0.05, 0.1) is 17.0 Å². The molecule has 1 aromatic carbocycles. The van der Waals surface area contributed by atoms with Crippen LogP contribution < -0.4 is 5.32 Å². The van der Waals surface area contributed by atoms with Crippen LogP contribution in [-0.4, -0.2) is 31.6 Å². The average molecular weight is 357 g/mol. The summed E-state index contributed by atoms with van der Waals surface area (Å²) in [6.45, 7) is 0. The molecule has 3 aromatic heterocycles. The maximum absolute atomic E-state index is 13.3. The lowest BCUT2D eigenvalue weighted by Crippen LogP contribution is -2.68. The lowest BCUT2D eigenvalue weighted by molar-refractivity contribution is -0.0438. The monoisotopic (exact) mass is 357 g/mol. The van der Waals surface area contributed by atoms with Crippen molar-refractivity contribution in [2.45, 2.75) is 24.8 Å². The Balaban J connectivity index is 1.51. The van der Waals surface area contributed by atoms with Crippen LogP contribution in [0, 0.1) is 5.92 Å². The highest BCUT2D eigenvalue weighted by Crippen LogP contribution is 2.57. The number of hydrogen-bond donors (Lipinski definition) is 4. The predicted molar refractivity (Wildman–Crippen MR) is 103 cm³/mol. The third-order valence-electron chi connectivity index (χ3n) is 6.17. The lowest BCUT2D eigenvalue weighted by Gasteiger charge is -2.61. The van der Waals surface area contributed by atoms with Crippen molar-refractivity contribution in [3.63, 3.8) is 0 Å². The van der Waals surface area contributed by atoms with E-state index in [1.165, 1.54) is 0 Å². The number of H-pyrrole nitrogens is 3. The van der Waals surface area contributed by atoms with Gasteiger partial charge in [-0.1, -0.05) is 0 Å². The van der Waals surface area contributed by atoms with Crippen LogP contribution in [0.1, 0.15) is 29.6 Å². The number of benzene rings is 1. The summed E-state index contributed by atoms with van der Waals surface area (Å²) in [5.74, 6) is 0.832. The van der Waals surface area contributed by atoms with Crippen LogP contribution in [0.15, 0.2) is 48.9 Å². The number of fused-ring (bicyclic) bond motifs is 1. The average Bonchev–Trinajstić information content (AvgIpc) is 3.35. The van der Waals surface area contributed by atoms with Gasteiger partial charge in [0.2, 0.25) is 0 Å². The number of nitrogens with one attached hydrogen (secondary N) is 4. The number of carbonyl (C=O) groups excluding carboxylic acids is 1. The second-order valence-electron chi connectivity index (χ2n) is 7.87. The molecule has 2 bridgehead atoms. The molecule has 6 heteroatoms. The van der Waals surface area contributed by atoms with Crippen molar-refractivity contribution in [1.29, 1.82) is 0 Å². The first-order valence-electron chi connectivity index (χ1n) is 9.33. The molecule has 4 N–H and O–H groups in total. The van der Waals surface area contributed by atoms with E-state index in [9.17, 15) is 4.79 Å². The molecule has 3 aliphatic rings. The highest BCUT2D eigenvalue weighted by atomic mass is 16.1. The Bertz CT molecular complexity index is 1150. The minimum atomic E-state index is 0.0101. The number of amides is 1. The number of carbonyl (C=O) groups is 1. The first kappa shape index (κ1) is 14.8. The zero-order chi connectivity index (χ0) is 18.0. The molecule has 3 fully saturated rings. The Morgan fingerprint density at radius 3 is 2.59 bits per heavy atom. The molecule has 0 spiro atoms. The minimum absolute atomic E-state index is 0.0101. The first-order chi connectivity index (χ1) is 13.2. The molecule has 3 saturated carbocycles. The van der Waals surface area contributed by atoms with E-state index in [1.807, 2.05) is 42.7 Å². The minimum Gasteiger partial charge on any atom is -0.361 e. The van der Waals surface area contributed by atoms with Gasteiger partial charge in [0.25, 0.3) is 5.91 Å². The molecule has 0 saturated heterocycles. The number of aromatic nitrogens is 4. The second kappa shape index (κ2) is 5.13. The predicted octanol–water partition coefficient (Wildman–Crippen LogP) is 3.84. The van der Waals surface area contributed by atoms with Crippen molar-refractivity contribution in [2.24, 2.45) is 5.92 Å². The maximum atomic E-state index is 13.3. The lowest BCUT2D eigenvalue weighted by atomic mass is 9.50. The van der Waals surface area contributed by atoms with E-state index in [0.29, 0.717) is 0 Å². The first-order valence-corrected chi connectivity index (χ1v) is 9.33. The van der Waals surface area contributed by atoms with Crippen LogP contribution in [0.2, 0.25) is 0 Å². The highest BCUT2D eigenvalue weighted by molar-refractivity contribution is 6.12. The van der Waals surface area contributed by atoms with Crippen LogP contribution in [-0.2, 0) is 0 Å². The molecule has 27 heavy (non-hydrogen) atoms. The van der Waals surface area contributed by atoms with Gasteiger partial charge in [0.1, 0.15) is 0 Å². The van der Waals surface area contributed by atoms with Crippen molar-refractivity contribution in [3.8, 4) is 22.5 Å². The van der Waals surface area contributed by atoms with E-state index in [1.54, 1.807) is 6.20 Å². The largest absolute Gasteiger partial charge is 0.361 e. The summed E-state index contributed by atoms with van der Waals surface area (Å²) in [5, 5.41) is 11.4. The van der Waals surface area contributed by atoms with E-state index < -0.39 is 0 Å². The SMILES string of the molecule is O=C(NC12CC(C1)C2)c1c(-c2[nH]ccc2-c2cc[nH]n2)ccc2[nH]ccc12. The molecule has 7 rings (SSSR count). The molecule has 3 heterocycles.